The van der Waals surface area contributed by atoms with Crippen LogP contribution in [0.3, 0.4) is 0 Å². The van der Waals surface area contributed by atoms with Gasteiger partial charge in [0.2, 0.25) is 0 Å². The molecule has 0 radical (unpaired) electrons. The van der Waals surface area contributed by atoms with Crippen LogP contribution in [0.15, 0.2) is 0 Å². The zero-order valence-corrected chi connectivity index (χ0v) is 11.9. The Labute approximate surface area is 107 Å². The maximum absolute atomic E-state index is 3.74. The fourth-order valence-electron chi connectivity index (χ4n) is 3.76. The third kappa shape index (κ3) is 3.03. The van der Waals surface area contributed by atoms with Crippen molar-refractivity contribution < 1.29 is 0 Å². The molecule has 2 fully saturated rings. The molecule has 1 saturated carbocycles. The fraction of sp³-hybridized carbons (Fsp3) is 1.00. The molecule has 1 aliphatic carbocycles. The Morgan fingerprint density at radius 2 is 1.82 bits per heavy atom. The van der Waals surface area contributed by atoms with Crippen LogP contribution in [0.4, 0.5) is 0 Å². The van der Waals surface area contributed by atoms with Gasteiger partial charge in [-0.25, -0.2) is 0 Å². The van der Waals surface area contributed by atoms with Gasteiger partial charge in [0.25, 0.3) is 0 Å². The zero-order chi connectivity index (χ0) is 12.3. The number of nitrogens with zero attached hydrogens (tertiary/aromatic N) is 1. The number of hydrogen-bond donors (Lipinski definition) is 1. The summed E-state index contributed by atoms with van der Waals surface area (Å²) in [4.78, 5) is 2.81. The van der Waals surface area contributed by atoms with Crippen molar-refractivity contribution in [2.24, 2.45) is 5.92 Å². The molecule has 0 aromatic rings. The first-order valence-electron chi connectivity index (χ1n) is 7.73. The summed E-state index contributed by atoms with van der Waals surface area (Å²) >= 11 is 0. The van der Waals surface area contributed by atoms with E-state index < -0.39 is 0 Å². The van der Waals surface area contributed by atoms with E-state index in [-0.39, 0.29) is 0 Å². The lowest BCUT2D eigenvalue weighted by Crippen LogP contribution is -2.55. The first kappa shape index (κ1) is 13.4. The van der Waals surface area contributed by atoms with Crippen LogP contribution >= 0.6 is 0 Å². The molecule has 0 bridgehead atoms. The Kier molecular flexibility index (Phi) is 4.87. The summed E-state index contributed by atoms with van der Waals surface area (Å²) in [6.45, 7) is 9.65. The van der Waals surface area contributed by atoms with Gasteiger partial charge < -0.3 is 5.32 Å². The maximum atomic E-state index is 3.74. The summed E-state index contributed by atoms with van der Waals surface area (Å²) in [6, 6.07) is 2.42. The molecule has 17 heavy (non-hydrogen) atoms. The number of rotatable bonds is 4. The van der Waals surface area contributed by atoms with Gasteiger partial charge in [0.1, 0.15) is 0 Å². The second-order valence-corrected chi connectivity index (χ2v) is 6.13. The SMILES string of the molecule is CCCNC1CCN(C2CCCC2)C(C)C1C. The minimum atomic E-state index is 0.752. The van der Waals surface area contributed by atoms with Gasteiger partial charge in [0, 0.05) is 24.7 Å². The second-order valence-electron chi connectivity index (χ2n) is 6.13. The molecule has 0 aromatic heterocycles. The highest BCUT2D eigenvalue weighted by molar-refractivity contribution is 4.92. The third-order valence-corrected chi connectivity index (χ3v) is 5.07. The van der Waals surface area contributed by atoms with Crippen LogP contribution in [0.25, 0.3) is 0 Å². The highest BCUT2D eigenvalue weighted by Gasteiger charge is 2.36. The molecule has 1 N–H and O–H groups in total. The van der Waals surface area contributed by atoms with Gasteiger partial charge in [-0.1, -0.05) is 26.7 Å². The van der Waals surface area contributed by atoms with E-state index in [1.165, 1.54) is 51.6 Å². The Balaban J connectivity index is 1.88. The standard InChI is InChI=1S/C15H30N2/c1-4-10-16-15-9-11-17(13(3)12(15)2)14-7-5-6-8-14/h12-16H,4-11H2,1-3H3. The monoisotopic (exact) mass is 238 g/mol. The second kappa shape index (κ2) is 6.19. The predicted molar refractivity (Wildman–Crippen MR) is 74.3 cm³/mol. The Hall–Kier alpha value is -0.0800. The molecule has 0 spiro atoms. The Morgan fingerprint density at radius 1 is 1.12 bits per heavy atom. The lowest BCUT2D eigenvalue weighted by molar-refractivity contribution is 0.0488. The van der Waals surface area contributed by atoms with Crippen molar-refractivity contribution in [3.63, 3.8) is 0 Å². The van der Waals surface area contributed by atoms with E-state index in [4.69, 9.17) is 0 Å². The van der Waals surface area contributed by atoms with Crippen molar-refractivity contribution in [2.75, 3.05) is 13.1 Å². The van der Waals surface area contributed by atoms with Crippen molar-refractivity contribution in [1.82, 2.24) is 10.2 Å². The van der Waals surface area contributed by atoms with Crippen molar-refractivity contribution >= 4 is 0 Å². The molecule has 1 heterocycles. The molecule has 2 nitrogen and oxygen atoms in total. The third-order valence-electron chi connectivity index (χ3n) is 5.07. The van der Waals surface area contributed by atoms with Crippen molar-refractivity contribution in [3.05, 3.63) is 0 Å². The number of hydrogen-bond acceptors (Lipinski definition) is 2. The molecule has 2 heteroatoms. The van der Waals surface area contributed by atoms with Crippen LogP contribution in [-0.2, 0) is 0 Å². The van der Waals surface area contributed by atoms with Crippen LogP contribution in [0.2, 0.25) is 0 Å². The van der Waals surface area contributed by atoms with Crippen LogP contribution in [-0.4, -0.2) is 36.1 Å². The predicted octanol–water partition coefficient (Wildman–Crippen LogP) is 3.03. The van der Waals surface area contributed by atoms with Crippen molar-refractivity contribution in [2.45, 2.75) is 77.4 Å². The summed E-state index contributed by atoms with van der Waals surface area (Å²) in [5, 5.41) is 3.74. The highest BCUT2D eigenvalue weighted by atomic mass is 15.2. The van der Waals surface area contributed by atoms with Crippen LogP contribution < -0.4 is 5.32 Å². The molecule has 3 atom stereocenters. The van der Waals surface area contributed by atoms with Gasteiger partial charge in [0.15, 0.2) is 0 Å². The summed E-state index contributed by atoms with van der Waals surface area (Å²) in [6.07, 6.45) is 8.42. The van der Waals surface area contributed by atoms with Gasteiger partial charge in [0.05, 0.1) is 0 Å². The summed E-state index contributed by atoms with van der Waals surface area (Å²) in [5.41, 5.74) is 0. The van der Waals surface area contributed by atoms with Crippen molar-refractivity contribution in [1.29, 1.82) is 0 Å². The lowest BCUT2D eigenvalue weighted by Gasteiger charge is -2.46. The molecule has 100 valence electrons. The van der Waals surface area contributed by atoms with Gasteiger partial charge in [-0.15, -0.1) is 0 Å². The fourth-order valence-corrected chi connectivity index (χ4v) is 3.76. The van der Waals surface area contributed by atoms with Crippen LogP contribution in [0, 0.1) is 5.92 Å². The molecule has 3 unspecified atom stereocenters. The molecule has 0 amide bonds. The molecule has 1 saturated heterocycles. The van der Waals surface area contributed by atoms with Crippen LogP contribution in [0.5, 0.6) is 0 Å². The molecule has 1 aliphatic heterocycles. The van der Waals surface area contributed by atoms with Crippen molar-refractivity contribution in [3.8, 4) is 0 Å². The van der Waals surface area contributed by atoms with Gasteiger partial charge in [-0.2, -0.15) is 0 Å². The van der Waals surface area contributed by atoms with E-state index in [1.807, 2.05) is 0 Å². The molecular formula is C15H30N2. The van der Waals surface area contributed by atoms with E-state index in [2.05, 4.69) is 31.0 Å². The average molecular weight is 238 g/mol. The minimum Gasteiger partial charge on any atom is -0.314 e. The molecule has 2 rings (SSSR count). The number of nitrogens with one attached hydrogen (secondary N) is 1. The Morgan fingerprint density at radius 3 is 2.47 bits per heavy atom. The number of likely N-dealkylation sites (tertiary alicyclic amines) is 1. The smallest absolute Gasteiger partial charge is 0.0120 e. The summed E-state index contributed by atoms with van der Waals surface area (Å²) in [7, 11) is 0. The highest BCUT2D eigenvalue weighted by Crippen LogP contribution is 2.31. The van der Waals surface area contributed by atoms with Gasteiger partial charge in [-0.05, 0) is 45.1 Å². The topological polar surface area (TPSA) is 15.3 Å². The number of piperidine rings is 1. The summed E-state index contributed by atoms with van der Waals surface area (Å²) in [5.74, 6) is 0.802. The van der Waals surface area contributed by atoms with Crippen LogP contribution in [0.1, 0.15) is 59.3 Å². The Bertz CT molecular complexity index is 223. The molecular weight excluding hydrogens is 208 g/mol. The van der Waals surface area contributed by atoms with E-state index in [1.54, 1.807) is 0 Å². The lowest BCUT2D eigenvalue weighted by atomic mass is 9.85. The van der Waals surface area contributed by atoms with E-state index >= 15 is 0 Å². The largest absolute Gasteiger partial charge is 0.314 e. The quantitative estimate of drug-likeness (QED) is 0.810. The first-order chi connectivity index (χ1) is 8.24. The van der Waals surface area contributed by atoms with E-state index in [0.29, 0.717) is 0 Å². The van der Waals surface area contributed by atoms with E-state index in [9.17, 15) is 0 Å². The maximum Gasteiger partial charge on any atom is 0.0120 e. The first-order valence-corrected chi connectivity index (χ1v) is 7.73. The molecule has 0 aromatic carbocycles. The zero-order valence-electron chi connectivity index (χ0n) is 11.9. The summed E-state index contributed by atoms with van der Waals surface area (Å²) < 4.78 is 0. The van der Waals surface area contributed by atoms with E-state index in [0.717, 1.165) is 24.0 Å². The normalized spacial score (nSPS) is 36.5. The average Bonchev–Trinajstić information content (AvgIpc) is 2.85. The minimum absolute atomic E-state index is 0.752. The van der Waals surface area contributed by atoms with Gasteiger partial charge >= 0.3 is 0 Å². The van der Waals surface area contributed by atoms with Gasteiger partial charge in [-0.3, -0.25) is 4.90 Å². The molecule has 2 aliphatic rings.